The topological polar surface area (TPSA) is 66.4 Å². The third kappa shape index (κ3) is 2.74. The summed E-state index contributed by atoms with van der Waals surface area (Å²) in [7, 11) is 0. The molecule has 90 valence electrons. The predicted octanol–water partition coefficient (Wildman–Crippen LogP) is 1.27. The number of esters is 1. The molecule has 0 heterocycles. The lowest BCUT2D eigenvalue weighted by molar-refractivity contribution is -0.255. The first-order valence-corrected chi connectivity index (χ1v) is 5.25. The van der Waals surface area contributed by atoms with Crippen LogP contribution in [0, 0.1) is 0 Å². The van der Waals surface area contributed by atoms with Gasteiger partial charge in [0, 0.05) is 0 Å². The SMILES string of the molecule is O=C([O-])c1ccc(C(=O)Oc2ccccc2)cc1. The van der Waals surface area contributed by atoms with Crippen molar-refractivity contribution in [3.05, 3.63) is 65.7 Å². The predicted molar refractivity (Wildman–Crippen MR) is 62.2 cm³/mol. The molecule has 0 spiro atoms. The molecule has 0 radical (unpaired) electrons. The van der Waals surface area contributed by atoms with Crippen molar-refractivity contribution in [2.45, 2.75) is 0 Å². The van der Waals surface area contributed by atoms with Gasteiger partial charge in [-0.05, 0) is 29.8 Å². The fraction of sp³-hybridized carbons (Fsp3) is 0. The van der Waals surface area contributed by atoms with E-state index in [0.29, 0.717) is 5.75 Å². The van der Waals surface area contributed by atoms with Crippen molar-refractivity contribution < 1.29 is 19.4 Å². The number of carbonyl (C=O) groups is 2. The van der Waals surface area contributed by atoms with Crippen molar-refractivity contribution in [1.29, 1.82) is 0 Å². The van der Waals surface area contributed by atoms with Gasteiger partial charge in [0.25, 0.3) is 0 Å². The molecule has 4 heteroatoms. The number of carboxylic acid groups (broad SMARTS) is 1. The fourth-order valence-corrected chi connectivity index (χ4v) is 1.40. The van der Waals surface area contributed by atoms with Crippen LogP contribution in [-0.2, 0) is 0 Å². The molecule has 4 nitrogen and oxygen atoms in total. The molecule has 0 unspecified atom stereocenters. The van der Waals surface area contributed by atoms with Gasteiger partial charge in [-0.15, -0.1) is 0 Å². The molecule has 18 heavy (non-hydrogen) atoms. The molecule has 0 atom stereocenters. The fourth-order valence-electron chi connectivity index (χ4n) is 1.40. The third-order valence-electron chi connectivity index (χ3n) is 2.31. The van der Waals surface area contributed by atoms with Gasteiger partial charge in [-0.25, -0.2) is 4.79 Å². The molecule has 0 N–H and O–H groups in total. The summed E-state index contributed by atoms with van der Waals surface area (Å²) in [5.74, 6) is -1.38. The number of rotatable bonds is 3. The summed E-state index contributed by atoms with van der Waals surface area (Å²) in [6.07, 6.45) is 0. The van der Waals surface area contributed by atoms with Crippen molar-refractivity contribution in [3.8, 4) is 5.75 Å². The van der Waals surface area contributed by atoms with Crippen LogP contribution < -0.4 is 9.84 Å². The van der Waals surface area contributed by atoms with E-state index in [1.807, 2.05) is 6.07 Å². The molecular weight excluding hydrogens is 232 g/mol. The van der Waals surface area contributed by atoms with Crippen LogP contribution in [0.1, 0.15) is 20.7 Å². The van der Waals surface area contributed by atoms with E-state index >= 15 is 0 Å². The van der Waals surface area contributed by atoms with Crippen molar-refractivity contribution in [2.24, 2.45) is 0 Å². The molecule has 0 aliphatic heterocycles. The summed E-state index contributed by atoms with van der Waals surface area (Å²) in [5.41, 5.74) is 0.301. The van der Waals surface area contributed by atoms with Crippen molar-refractivity contribution >= 4 is 11.9 Å². The first kappa shape index (κ1) is 11.9. The summed E-state index contributed by atoms with van der Waals surface area (Å²) in [5, 5.41) is 10.5. The first-order valence-electron chi connectivity index (χ1n) is 5.25. The van der Waals surface area contributed by atoms with E-state index in [1.54, 1.807) is 24.3 Å². The summed E-state index contributed by atoms with van der Waals surface area (Å²) >= 11 is 0. The number of hydrogen-bond donors (Lipinski definition) is 0. The molecule has 0 saturated carbocycles. The van der Waals surface area contributed by atoms with Gasteiger partial charge in [0.15, 0.2) is 0 Å². The maximum absolute atomic E-state index is 11.7. The summed E-state index contributed by atoms with van der Waals surface area (Å²) in [4.78, 5) is 22.3. The maximum Gasteiger partial charge on any atom is 0.343 e. The highest BCUT2D eigenvalue weighted by atomic mass is 16.5. The quantitative estimate of drug-likeness (QED) is 0.599. The number of para-hydroxylation sites is 1. The smallest absolute Gasteiger partial charge is 0.343 e. The van der Waals surface area contributed by atoms with E-state index in [4.69, 9.17) is 4.74 Å². The second kappa shape index (κ2) is 5.14. The van der Waals surface area contributed by atoms with Gasteiger partial charge in [0.2, 0.25) is 0 Å². The van der Waals surface area contributed by atoms with Crippen LogP contribution in [0.2, 0.25) is 0 Å². The van der Waals surface area contributed by atoms with E-state index in [0.717, 1.165) is 0 Å². The molecule has 0 amide bonds. The van der Waals surface area contributed by atoms with Crippen LogP contribution in [-0.4, -0.2) is 11.9 Å². The van der Waals surface area contributed by atoms with Gasteiger partial charge in [0.05, 0.1) is 11.5 Å². The Morgan fingerprint density at radius 2 is 1.39 bits per heavy atom. The average Bonchev–Trinajstić information content (AvgIpc) is 2.40. The second-order valence-electron chi connectivity index (χ2n) is 3.57. The summed E-state index contributed by atoms with van der Waals surface area (Å²) in [6.45, 7) is 0. The monoisotopic (exact) mass is 241 g/mol. The lowest BCUT2D eigenvalue weighted by Crippen LogP contribution is -2.22. The molecule has 2 rings (SSSR count). The third-order valence-corrected chi connectivity index (χ3v) is 2.31. The van der Waals surface area contributed by atoms with Crippen LogP contribution in [0.3, 0.4) is 0 Å². The highest BCUT2D eigenvalue weighted by Crippen LogP contribution is 2.12. The van der Waals surface area contributed by atoms with Crippen molar-refractivity contribution in [2.75, 3.05) is 0 Å². The molecule has 2 aromatic rings. The Kier molecular flexibility index (Phi) is 3.38. The zero-order chi connectivity index (χ0) is 13.0. The number of ether oxygens (including phenoxy) is 1. The number of benzene rings is 2. The van der Waals surface area contributed by atoms with E-state index in [-0.39, 0.29) is 11.1 Å². The van der Waals surface area contributed by atoms with Gasteiger partial charge in [0.1, 0.15) is 5.75 Å². The Morgan fingerprint density at radius 1 is 0.833 bits per heavy atom. The van der Waals surface area contributed by atoms with E-state index in [9.17, 15) is 14.7 Å². The van der Waals surface area contributed by atoms with E-state index in [2.05, 4.69) is 0 Å². The molecule has 0 aliphatic carbocycles. The first-order chi connectivity index (χ1) is 8.66. The van der Waals surface area contributed by atoms with Crippen LogP contribution in [0.4, 0.5) is 0 Å². The van der Waals surface area contributed by atoms with Gasteiger partial charge in [-0.3, -0.25) is 0 Å². The lowest BCUT2D eigenvalue weighted by Gasteiger charge is -2.05. The zero-order valence-electron chi connectivity index (χ0n) is 9.33. The molecule has 2 aromatic carbocycles. The largest absolute Gasteiger partial charge is 0.545 e. The minimum atomic E-state index is -1.28. The minimum Gasteiger partial charge on any atom is -0.545 e. The molecular formula is C14H9O4-. The van der Waals surface area contributed by atoms with E-state index < -0.39 is 11.9 Å². The average molecular weight is 241 g/mol. The number of hydrogen-bond acceptors (Lipinski definition) is 4. The van der Waals surface area contributed by atoms with Crippen molar-refractivity contribution in [1.82, 2.24) is 0 Å². The second-order valence-corrected chi connectivity index (χ2v) is 3.57. The number of carbonyl (C=O) groups excluding carboxylic acids is 2. The van der Waals surface area contributed by atoms with Crippen LogP contribution in [0.5, 0.6) is 5.75 Å². The molecule has 0 saturated heterocycles. The maximum atomic E-state index is 11.7. The molecule has 0 aliphatic rings. The Hall–Kier alpha value is -2.62. The van der Waals surface area contributed by atoms with Gasteiger partial charge >= 0.3 is 5.97 Å². The van der Waals surface area contributed by atoms with Crippen LogP contribution in [0.25, 0.3) is 0 Å². The van der Waals surface area contributed by atoms with Gasteiger partial charge in [-0.2, -0.15) is 0 Å². The minimum absolute atomic E-state index is 0.0197. The molecule has 0 bridgehead atoms. The Bertz CT molecular complexity index is 558. The highest BCUT2D eigenvalue weighted by molar-refractivity contribution is 5.93. The summed E-state index contributed by atoms with van der Waals surface area (Å²) < 4.78 is 5.10. The standard InChI is InChI=1S/C14H10O4/c15-13(16)10-6-8-11(9-7-10)14(17)18-12-4-2-1-3-5-12/h1-9H,(H,15,16)/p-1. The van der Waals surface area contributed by atoms with Gasteiger partial charge < -0.3 is 14.6 Å². The lowest BCUT2D eigenvalue weighted by atomic mass is 10.1. The van der Waals surface area contributed by atoms with Crippen LogP contribution >= 0.6 is 0 Å². The highest BCUT2D eigenvalue weighted by Gasteiger charge is 2.08. The Balaban J connectivity index is 2.12. The molecule has 0 fully saturated rings. The molecule has 0 aromatic heterocycles. The Labute approximate surface area is 103 Å². The Morgan fingerprint density at radius 3 is 1.94 bits per heavy atom. The van der Waals surface area contributed by atoms with Crippen molar-refractivity contribution in [3.63, 3.8) is 0 Å². The van der Waals surface area contributed by atoms with Gasteiger partial charge in [-0.1, -0.05) is 30.3 Å². The zero-order valence-corrected chi connectivity index (χ0v) is 9.33. The summed E-state index contributed by atoms with van der Waals surface area (Å²) in [6, 6.07) is 14.0. The normalized spacial score (nSPS) is 9.78. The van der Waals surface area contributed by atoms with E-state index in [1.165, 1.54) is 24.3 Å². The van der Waals surface area contributed by atoms with Crippen LogP contribution in [0.15, 0.2) is 54.6 Å². The number of aromatic carboxylic acids is 1. The number of carboxylic acids is 1.